The van der Waals surface area contributed by atoms with Crippen LogP contribution in [0.4, 0.5) is 4.39 Å². The summed E-state index contributed by atoms with van der Waals surface area (Å²) in [7, 11) is 0. The van der Waals surface area contributed by atoms with E-state index in [1.807, 2.05) is 13.8 Å². The van der Waals surface area contributed by atoms with E-state index in [0.29, 0.717) is 12.5 Å². The van der Waals surface area contributed by atoms with Gasteiger partial charge in [-0.25, -0.2) is 4.39 Å². The predicted octanol–water partition coefficient (Wildman–Crippen LogP) is 2.89. The number of hydrogen-bond donors (Lipinski definition) is 3. The van der Waals surface area contributed by atoms with Crippen molar-refractivity contribution in [1.29, 1.82) is 0 Å². The lowest BCUT2D eigenvalue weighted by Crippen LogP contribution is -2.50. The smallest absolute Gasteiger partial charge is 0.254 e. The van der Waals surface area contributed by atoms with Gasteiger partial charge < -0.3 is 15.7 Å². The van der Waals surface area contributed by atoms with Crippen LogP contribution in [0.5, 0.6) is 0 Å². The van der Waals surface area contributed by atoms with Crippen molar-refractivity contribution >= 4 is 11.8 Å². The third-order valence-corrected chi connectivity index (χ3v) is 5.32. The van der Waals surface area contributed by atoms with Crippen LogP contribution in [0.15, 0.2) is 24.3 Å². The number of amides is 2. The second-order valence-electron chi connectivity index (χ2n) is 7.85. The summed E-state index contributed by atoms with van der Waals surface area (Å²) in [6.45, 7) is 4.07. The van der Waals surface area contributed by atoms with Crippen molar-refractivity contribution < 1.29 is 19.1 Å². The van der Waals surface area contributed by atoms with Crippen LogP contribution in [0.3, 0.4) is 0 Å². The van der Waals surface area contributed by atoms with E-state index >= 15 is 0 Å². The molecule has 5 nitrogen and oxygen atoms in total. The second kappa shape index (κ2) is 10.4. The number of rotatable bonds is 9. The maximum absolute atomic E-state index is 13.8. The highest BCUT2D eigenvalue weighted by molar-refractivity contribution is 5.97. The van der Waals surface area contributed by atoms with E-state index in [1.54, 1.807) is 6.07 Å². The van der Waals surface area contributed by atoms with Crippen molar-refractivity contribution in [2.24, 2.45) is 17.8 Å². The second-order valence-corrected chi connectivity index (χ2v) is 7.85. The quantitative estimate of drug-likeness (QED) is 0.618. The number of carbonyl (C=O) groups excluding carboxylic acids is 2. The monoisotopic (exact) mass is 378 g/mol. The van der Waals surface area contributed by atoms with E-state index in [2.05, 4.69) is 10.6 Å². The SMILES string of the molecule is CC(C)[C@@H](NC(=O)c1ccccc1F)C(=O)NC[C@@H](CO)CC1CCCC1. The van der Waals surface area contributed by atoms with Crippen molar-refractivity contribution in [2.45, 2.75) is 52.0 Å². The van der Waals surface area contributed by atoms with Crippen LogP contribution >= 0.6 is 0 Å². The molecule has 27 heavy (non-hydrogen) atoms. The van der Waals surface area contributed by atoms with Gasteiger partial charge in [-0.1, -0.05) is 51.7 Å². The van der Waals surface area contributed by atoms with Crippen molar-refractivity contribution in [2.75, 3.05) is 13.2 Å². The minimum Gasteiger partial charge on any atom is -0.396 e. The molecule has 0 bridgehead atoms. The van der Waals surface area contributed by atoms with Gasteiger partial charge in [0.2, 0.25) is 5.91 Å². The van der Waals surface area contributed by atoms with Gasteiger partial charge in [0.05, 0.1) is 5.56 Å². The fourth-order valence-corrected chi connectivity index (χ4v) is 3.69. The Kier molecular flexibility index (Phi) is 8.23. The molecule has 150 valence electrons. The molecule has 0 radical (unpaired) electrons. The first-order valence-corrected chi connectivity index (χ1v) is 9.86. The normalized spacial score (nSPS) is 16.9. The summed E-state index contributed by atoms with van der Waals surface area (Å²) in [6.07, 6.45) is 5.78. The van der Waals surface area contributed by atoms with Gasteiger partial charge in [-0.15, -0.1) is 0 Å². The Morgan fingerprint density at radius 2 is 1.89 bits per heavy atom. The molecule has 0 unspecified atom stereocenters. The van der Waals surface area contributed by atoms with Crippen LogP contribution in [-0.4, -0.2) is 36.1 Å². The Morgan fingerprint density at radius 3 is 2.48 bits per heavy atom. The molecule has 3 N–H and O–H groups in total. The summed E-state index contributed by atoms with van der Waals surface area (Å²) in [5.41, 5.74) is -0.0783. The van der Waals surface area contributed by atoms with Crippen molar-refractivity contribution in [3.8, 4) is 0 Å². The molecule has 0 saturated heterocycles. The third-order valence-electron chi connectivity index (χ3n) is 5.32. The highest BCUT2D eigenvalue weighted by atomic mass is 19.1. The fraction of sp³-hybridized carbons (Fsp3) is 0.619. The average molecular weight is 378 g/mol. The molecule has 1 aliphatic rings. The third kappa shape index (κ3) is 6.31. The Bertz CT molecular complexity index is 630. The lowest BCUT2D eigenvalue weighted by atomic mass is 9.93. The van der Waals surface area contributed by atoms with Gasteiger partial charge >= 0.3 is 0 Å². The zero-order chi connectivity index (χ0) is 19.8. The Balaban J connectivity index is 1.91. The standard InChI is InChI=1S/C21H31FN2O3/c1-14(2)19(24-20(26)17-9-5-6-10-18(17)22)21(27)23-12-16(13-25)11-15-7-3-4-8-15/h5-6,9-10,14-16,19,25H,3-4,7-8,11-13H2,1-2H3,(H,23,27)(H,24,26)/t16-,19+/m0/s1. The molecule has 2 rings (SSSR count). The highest BCUT2D eigenvalue weighted by Crippen LogP contribution is 2.30. The van der Waals surface area contributed by atoms with Crippen LogP contribution in [0.2, 0.25) is 0 Å². The predicted molar refractivity (Wildman–Crippen MR) is 103 cm³/mol. The number of carbonyl (C=O) groups is 2. The maximum atomic E-state index is 13.8. The number of hydrogen-bond acceptors (Lipinski definition) is 3. The summed E-state index contributed by atoms with van der Waals surface area (Å²) in [5, 5.41) is 15.1. The topological polar surface area (TPSA) is 78.4 Å². The zero-order valence-corrected chi connectivity index (χ0v) is 16.2. The maximum Gasteiger partial charge on any atom is 0.254 e. The summed E-state index contributed by atoms with van der Waals surface area (Å²) in [6, 6.07) is 4.94. The lowest BCUT2D eigenvalue weighted by molar-refractivity contribution is -0.124. The molecule has 0 aliphatic heterocycles. The molecule has 0 aromatic heterocycles. The van der Waals surface area contributed by atoms with E-state index in [0.717, 1.165) is 6.42 Å². The molecule has 1 aliphatic carbocycles. The molecule has 0 spiro atoms. The zero-order valence-electron chi connectivity index (χ0n) is 16.2. The van der Waals surface area contributed by atoms with Gasteiger partial charge in [-0.05, 0) is 36.3 Å². The van der Waals surface area contributed by atoms with Gasteiger partial charge in [0.1, 0.15) is 11.9 Å². The van der Waals surface area contributed by atoms with E-state index in [-0.39, 0.29) is 29.9 Å². The van der Waals surface area contributed by atoms with Crippen LogP contribution in [0.1, 0.15) is 56.3 Å². The van der Waals surface area contributed by atoms with Gasteiger partial charge in [0.25, 0.3) is 5.91 Å². The Labute approximate surface area is 160 Å². The number of nitrogens with one attached hydrogen (secondary N) is 2. The molecule has 1 aromatic carbocycles. The number of benzene rings is 1. The minimum atomic E-state index is -0.761. The highest BCUT2D eigenvalue weighted by Gasteiger charge is 2.27. The number of halogens is 1. The van der Waals surface area contributed by atoms with Gasteiger partial charge in [-0.2, -0.15) is 0 Å². The van der Waals surface area contributed by atoms with E-state index in [1.165, 1.54) is 43.9 Å². The van der Waals surface area contributed by atoms with E-state index < -0.39 is 17.8 Å². The van der Waals surface area contributed by atoms with Gasteiger partial charge in [0, 0.05) is 13.2 Å². The first kappa shape index (κ1) is 21.4. The van der Waals surface area contributed by atoms with Gasteiger partial charge in [-0.3, -0.25) is 9.59 Å². The van der Waals surface area contributed by atoms with E-state index in [9.17, 15) is 19.1 Å². The molecule has 2 amide bonds. The summed E-state index contributed by atoms with van der Waals surface area (Å²) in [5.74, 6) is -1.03. The molecule has 1 aromatic rings. The molecule has 6 heteroatoms. The Morgan fingerprint density at radius 1 is 1.22 bits per heavy atom. The minimum absolute atomic E-state index is 0.0205. The molecule has 2 atom stereocenters. The first-order chi connectivity index (χ1) is 12.9. The lowest BCUT2D eigenvalue weighted by Gasteiger charge is -2.24. The van der Waals surface area contributed by atoms with Crippen LogP contribution in [-0.2, 0) is 4.79 Å². The summed E-state index contributed by atoms with van der Waals surface area (Å²) >= 11 is 0. The number of aliphatic hydroxyl groups excluding tert-OH is 1. The number of aliphatic hydroxyl groups is 1. The largest absolute Gasteiger partial charge is 0.396 e. The van der Waals surface area contributed by atoms with Gasteiger partial charge in [0.15, 0.2) is 0 Å². The molecule has 1 fully saturated rings. The van der Waals surface area contributed by atoms with Crippen LogP contribution in [0.25, 0.3) is 0 Å². The van der Waals surface area contributed by atoms with Crippen LogP contribution in [0, 0.1) is 23.6 Å². The molecule has 1 saturated carbocycles. The summed E-state index contributed by atoms with van der Waals surface area (Å²) < 4.78 is 13.8. The van der Waals surface area contributed by atoms with Crippen molar-refractivity contribution in [3.05, 3.63) is 35.6 Å². The molecule has 0 heterocycles. The average Bonchev–Trinajstić information content (AvgIpc) is 3.15. The van der Waals surface area contributed by atoms with Crippen molar-refractivity contribution in [3.63, 3.8) is 0 Å². The molecular formula is C21H31FN2O3. The molecular weight excluding hydrogens is 347 g/mol. The van der Waals surface area contributed by atoms with E-state index in [4.69, 9.17) is 0 Å². The van der Waals surface area contributed by atoms with Crippen LogP contribution < -0.4 is 10.6 Å². The first-order valence-electron chi connectivity index (χ1n) is 9.86. The summed E-state index contributed by atoms with van der Waals surface area (Å²) in [4.78, 5) is 24.9. The van der Waals surface area contributed by atoms with Crippen molar-refractivity contribution in [1.82, 2.24) is 10.6 Å². The fourth-order valence-electron chi connectivity index (χ4n) is 3.69. The Hall–Kier alpha value is -1.95.